The van der Waals surface area contributed by atoms with E-state index in [0.717, 1.165) is 25.7 Å². The molecule has 1 aliphatic heterocycles. The van der Waals surface area contributed by atoms with Gasteiger partial charge >= 0.3 is 0 Å². The van der Waals surface area contributed by atoms with Crippen molar-refractivity contribution in [3.8, 4) is 0 Å². The molecule has 3 rings (SSSR count). The summed E-state index contributed by atoms with van der Waals surface area (Å²) in [6.07, 6.45) is 0. The molecule has 1 aliphatic rings. The van der Waals surface area contributed by atoms with Crippen molar-refractivity contribution in [2.24, 2.45) is 0 Å². The number of sulfonamides is 1. The second kappa shape index (κ2) is 9.86. The van der Waals surface area contributed by atoms with Crippen LogP contribution in [-0.4, -0.2) is 63.5 Å². The number of aryl methyl sites for hydroxylation is 1. The molecule has 11 heteroatoms. The fourth-order valence-corrected chi connectivity index (χ4v) is 4.19. The summed E-state index contributed by atoms with van der Waals surface area (Å²) in [5, 5.41) is 13.9. The number of rotatable bonds is 8. The zero-order chi connectivity index (χ0) is 22.4. The predicted octanol–water partition coefficient (Wildman–Crippen LogP) is 1.77. The first-order valence-electron chi connectivity index (χ1n) is 9.72. The highest BCUT2D eigenvalue weighted by Gasteiger charge is 2.20. The summed E-state index contributed by atoms with van der Waals surface area (Å²) < 4.78 is 32.8. The predicted molar refractivity (Wildman–Crippen MR) is 115 cm³/mol. The molecular weight excluding hydrogens is 424 g/mol. The Bertz CT molecular complexity index is 1050. The van der Waals surface area contributed by atoms with Gasteiger partial charge in [-0.05, 0) is 37.3 Å². The van der Waals surface area contributed by atoms with Crippen molar-refractivity contribution >= 4 is 27.3 Å². The summed E-state index contributed by atoms with van der Waals surface area (Å²) >= 11 is 0. The number of hydrogen-bond donors (Lipinski definition) is 2. The number of nitrogens with zero attached hydrogens (tertiary/aromatic N) is 2. The van der Waals surface area contributed by atoms with Crippen molar-refractivity contribution in [2.75, 3.05) is 44.1 Å². The first kappa shape index (κ1) is 22.7. The second-order valence-electron chi connectivity index (χ2n) is 7.10. The Labute approximate surface area is 180 Å². The molecule has 1 amide bonds. The molecule has 2 aromatic rings. The third-order valence-corrected chi connectivity index (χ3v) is 6.28. The summed E-state index contributed by atoms with van der Waals surface area (Å²) in [5.74, 6) is -0.253. The molecule has 0 spiro atoms. The van der Waals surface area contributed by atoms with Gasteiger partial charge in [-0.25, -0.2) is 8.42 Å². The topological polar surface area (TPSA) is 131 Å². The Morgan fingerprint density at radius 3 is 2.48 bits per heavy atom. The minimum atomic E-state index is -4.02. The number of nitro benzene ring substituents is 1. The van der Waals surface area contributed by atoms with Gasteiger partial charge in [-0.3, -0.25) is 24.5 Å². The third kappa shape index (κ3) is 6.00. The molecule has 0 saturated carbocycles. The van der Waals surface area contributed by atoms with Gasteiger partial charge in [0.1, 0.15) is 0 Å². The van der Waals surface area contributed by atoms with Gasteiger partial charge in [0, 0.05) is 49.1 Å². The van der Waals surface area contributed by atoms with Crippen LogP contribution in [-0.2, 0) is 14.8 Å². The number of nitro groups is 1. The van der Waals surface area contributed by atoms with Crippen LogP contribution in [0, 0.1) is 17.0 Å². The van der Waals surface area contributed by atoms with E-state index in [4.69, 9.17) is 4.74 Å². The molecule has 0 bridgehead atoms. The zero-order valence-corrected chi connectivity index (χ0v) is 17.9. The van der Waals surface area contributed by atoms with Gasteiger partial charge < -0.3 is 10.1 Å². The SMILES string of the molecule is Cc1ccc(S(=O)(=O)Nc2ccc(C(=O)NCCN3CCOCC3)cc2)cc1[N+](=O)[O-]. The number of amides is 1. The molecule has 0 aliphatic carbocycles. The molecule has 0 radical (unpaired) electrons. The van der Waals surface area contributed by atoms with E-state index in [-0.39, 0.29) is 22.2 Å². The lowest BCUT2D eigenvalue weighted by Gasteiger charge is -2.26. The third-order valence-electron chi connectivity index (χ3n) is 4.90. The number of carbonyl (C=O) groups is 1. The van der Waals surface area contributed by atoms with E-state index in [2.05, 4.69) is 14.9 Å². The largest absolute Gasteiger partial charge is 0.379 e. The molecule has 2 aromatic carbocycles. The Kier molecular flexibility index (Phi) is 7.21. The van der Waals surface area contributed by atoms with Crippen LogP contribution in [0.2, 0.25) is 0 Å². The maximum atomic E-state index is 12.6. The molecule has 1 fully saturated rings. The second-order valence-corrected chi connectivity index (χ2v) is 8.78. The van der Waals surface area contributed by atoms with Crippen LogP contribution in [0.5, 0.6) is 0 Å². The van der Waals surface area contributed by atoms with E-state index in [1.54, 1.807) is 0 Å². The van der Waals surface area contributed by atoms with Crippen molar-refractivity contribution in [3.63, 3.8) is 0 Å². The van der Waals surface area contributed by atoms with Gasteiger partial charge in [-0.2, -0.15) is 0 Å². The van der Waals surface area contributed by atoms with E-state index < -0.39 is 14.9 Å². The molecule has 2 N–H and O–H groups in total. The minimum Gasteiger partial charge on any atom is -0.379 e. The Morgan fingerprint density at radius 2 is 1.84 bits per heavy atom. The van der Waals surface area contributed by atoms with Crippen molar-refractivity contribution < 1.29 is 22.9 Å². The maximum Gasteiger partial charge on any atom is 0.273 e. The zero-order valence-electron chi connectivity index (χ0n) is 17.0. The Hall–Kier alpha value is -3.02. The van der Waals surface area contributed by atoms with Crippen molar-refractivity contribution in [3.05, 3.63) is 63.7 Å². The van der Waals surface area contributed by atoms with Crippen molar-refractivity contribution in [2.45, 2.75) is 11.8 Å². The maximum absolute atomic E-state index is 12.6. The smallest absolute Gasteiger partial charge is 0.273 e. The van der Waals surface area contributed by atoms with Gasteiger partial charge in [-0.15, -0.1) is 0 Å². The molecule has 31 heavy (non-hydrogen) atoms. The number of benzene rings is 2. The number of ether oxygens (including phenoxy) is 1. The molecular formula is C20H24N4O6S. The standard InChI is InChI=1S/C20H24N4O6S/c1-15-2-7-18(14-19(15)24(26)27)31(28,29)22-17-5-3-16(4-6-17)20(25)21-8-9-23-10-12-30-13-11-23/h2-7,14,22H,8-13H2,1H3,(H,21,25). The summed E-state index contributed by atoms with van der Waals surface area (Å²) in [5.41, 5.74) is 0.740. The number of anilines is 1. The lowest BCUT2D eigenvalue weighted by atomic mass is 10.2. The van der Waals surface area contributed by atoms with Crippen molar-refractivity contribution in [1.29, 1.82) is 0 Å². The first-order valence-corrected chi connectivity index (χ1v) is 11.2. The normalized spacial score (nSPS) is 14.7. The quantitative estimate of drug-likeness (QED) is 0.465. The molecule has 1 heterocycles. The lowest BCUT2D eigenvalue weighted by molar-refractivity contribution is -0.385. The van der Waals surface area contributed by atoms with E-state index >= 15 is 0 Å². The van der Waals surface area contributed by atoms with Crippen LogP contribution in [0.15, 0.2) is 47.4 Å². The fourth-order valence-electron chi connectivity index (χ4n) is 3.11. The highest BCUT2D eigenvalue weighted by Crippen LogP contribution is 2.24. The summed E-state index contributed by atoms with van der Waals surface area (Å²) in [7, 11) is -4.02. The molecule has 0 aromatic heterocycles. The monoisotopic (exact) mass is 448 g/mol. The average Bonchev–Trinajstić information content (AvgIpc) is 2.74. The van der Waals surface area contributed by atoms with E-state index in [0.29, 0.717) is 30.9 Å². The van der Waals surface area contributed by atoms with Gasteiger partial charge in [0.2, 0.25) is 0 Å². The van der Waals surface area contributed by atoms with Crippen LogP contribution >= 0.6 is 0 Å². The number of morpholine rings is 1. The average molecular weight is 449 g/mol. The van der Waals surface area contributed by atoms with Crippen LogP contribution in [0.1, 0.15) is 15.9 Å². The Morgan fingerprint density at radius 1 is 1.16 bits per heavy atom. The van der Waals surface area contributed by atoms with Crippen LogP contribution in [0.3, 0.4) is 0 Å². The van der Waals surface area contributed by atoms with Crippen LogP contribution in [0.4, 0.5) is 11.4 Å². The van der Waals surface area contributed by atoms with E-state index in [1.165, 1.54) is 43.3 Å². The van der Waals surface area contributed by atoms with Crippen LogP contribution < -0.4 is 10.0 Å². The van der Waals surface area contributed by atoms with Gasteiger partial charge in [-0.1, -0.05) is 6.07 Å². The fraction of sp³-hybridized carbons (Fsp3) is 0.350. The summed E-state index contributed by atoms with van der Waals surface area (Å²) in [4.78, 5) is 24.7. The van der Waals surface area contributed by atoms with Gasteiger partial charge in [0.25, 0.3) is 21.6 Å². The molecule has 0 unspecified atom stereocenters. The molecule has 166 valence electrons. The molecule has 10 nitrogen and oxygen atoms in total. The number of carbonyl (C=O) groups excluding carboxylic acids is 1. The van der Waals surface area contributed by atoms with Gasteiger partial charge in [0.05, 0.1) is 23.0 Å². The van der Waals surface area contributed by atoms with Gasteiger partial charge in [0.15, 0.2) is 0 Å². The highest BCUT2D eigenvalue weighted by molar-refractivity contribution is 7.92. The number of nitrogens with one attached hydrogen (secondary N) is 2. The van der Waals surface area contributed by atoms with Crippen molar-refractivity contribution in [1.82, 2.24) is 10.2 Å². The van der Waals surface area contributed by atoms with Crippen LogP contribution in [0.25, 0.3) is 0 Å². The van der Waals surface area contributed by atoms with E-state index in [1.807, 2.05) is 0 Å². The summed E-state index contributed by atoms with van der Waals surface area (Å²) in [6, 6.07) is 9.68. The lowest BCUT2D eigenvalue weighted by Crippen LogP contribution is -2.41. The minimum absolute atomic E-state index is 0.213. The van der Waals surface area contributed by atoms with E-state index in [9.17, 15) is 23.3 Å². The summed E-state index contributed by atoms with van der Waals surface area (Å²) in [6.45, 7) is 5.84. The molecule has 0 atom stereocenters. The molecule has 1 saturated heterocycles. The highest BCUT2D eigenvalue weighted by atomic mass is 32.2. The number of hydrogen-bond acceptors (Lipinski definition) is 7. The first-order chi connectivity index (χ1) is 14.8. The Balaban J connectivity index is 1.60.